The van der Waals surface area contributed by atoms with Gasteiger partial charge in [-0.05, 0) is 113 Å². The third-order valence-corrected chi connectivity index (χ3v) is 17.1. The van der Waals surface area contributed by atoms with Crippen LogP contribution >= 0.6 is 0 Å². The summed E-state index contributed by atoms with van der Waals surface area (Å²) in [6.45, 7) is 19.3. The summed E-state index contributed by atoms with van der Waals surface area (Å²) in [5.41, 5.74) is 3.90. The fourth-order valence-corrected chi connectivity index (χ4v) is 12.6. The molecule has 7 fully saturated rings. The maximum absolute atomic E-state index is 14.0. The lowest BCUT2D eigenvalue weighted by Gasteiger charge is -2.49. The van der Waals surface area contributed by atoms with Gasteiger partial charge < -0.3 is 43.5 Å². The maximum Gasteiger partial charge on any atom is 0.257 e. The van der Waals surface area contributed by atoms with Crippen LogP contribution in [-0.4, -0.2) is 188 Å². The van der Waals surface area contributed by atoms with Crippen molar-refractivity contribution in [3.05, 3.63) is 143 Å². The molecule has 0 radical (unpaired) electrons. The van der Waals surface area contributed by atoms with Gasteiger partial charge >= 0.3 is 0 Å². The molecule has 11 rings (SSSR count). The molecule has 1 saturated carbocycles. The van der Waals surface area contributed by atoms with Crippen molar-refractivity contribution >= 4 is 18.1 Å². The first-order valence-corrected chi connectivity index (χ1v) is 28.7. The summed E-state index contributed by atoms with van der Waals surface area (Å²) in [5, 5.41) is 0. The van der Waals surface area contributed by atoms with Gasteiger partial charge in [0.05, 0.1) is 54.3 Å². The number of amides is 2. The van der Waals surface area contributed by atoms with E-state index in [1.165, 1.54) is 22.8 Å². The molecule has 76 heavy (non-hydrogen) atoms. The molecule has 6 heterocycles. The second-order valence-electron chi connectivity index (χ2n) is 23.0. The minimum absolute atomic E-state index is 0.0378. The Morgan fingerprint density at radius 2 is 0.974 bits per heavy atom. The van der Waals surface area contributed by atoms with Crippen molar-refractivity contribution in [2.24, 2.45) is 5.92 Å². The van der Waals surface area contributed by atoms with E-state index in [1.54, 1.807) is 23.1 Å². The number of likely N-dealkylation sites (tertiary alicyclic amines) is 3. The number of benzene rings is 4. The van der Waals surface area contributed by atoms with E-state index >= 15 is 0 Å². The number of piperidine rings is 3. The fraction of sp³-hybridized carbons (Fsp3) is 0.571. The molecular formula is C63H85FN6O6. The van der Waals surface area contributed by atoms with E-state index in [4.69, 9.17) is 14.2 Å². The Morgan fingerprint density at radius 3 is 1.45 bits per heavy atom. The molecule has 1 aliphatic carbocycles. The van der Waals surface area contributed by atoms with Crippen LogP contribution in [0.3, 0.4) is 0 Å². The zero-order valence-corrected chi connectivity index (χ0v) is 45.6. The van der Waals surface area contributed by atoms with Crippen LogP contribution < -0.4 is 0 Å². The normalized spacial score (nSPS) is 23.8. The number of rotatable bonds is 13. The van der Waals surface area contributed by atoms with E-state index in [2.05, 4.69) is 123 Å². The molecule has 3 spiro atoms. The Bertz CT molecular complexity index is 2420. The summed E-state index contributed by atoms with van der Waals surface area (Å²) in [5.74, 6) is 0.00500. The summed E-state index contributed by atoms with van der Waals surface area (Å²) < 4.78 is 32.9. The van der Waals surface area contributed by atoms with Gasteiger partial charge in [0, 0.05) is 97.5 Å². The van der Waals surface area contributed by atoms with Crippen LogP contribution in [0, 0.1) is 11.7 Å². The van der Waals surface area contributed by atoms with E-state index in [0.717, 1.165) is 162 Å². The van der Waals surface area contributed by atoms with Crippen LogP contribution in [0.2, 0.25) is 0 Å². The molecule has 4 aromatic carbocycles. The first-order chi connectivity index (χ1) is 37.0. The van der Waals surface area contributed by atoms with Crippen molar-refractivity contribution in [2.45, 2.75) is 113 Å². The molecule has 410 valence electrons. The molecule has 2 amide bonds. The topological polar surface area (TPSA) is 98.3 Å². The maximum atomic E-state index is 14.0. The first-order valence-electron chi connectivity index (χ1n) is 28.7. The zero-order chi connectivity index (χ0) is 52.8. The predicted octanol–water partition coefficient (Wildman–Crippen LogP) is 8.08. The Kier molecular flexibility index (Phi) is 19.6. The Labute approximate surface area is 452 Å². The van der Waals surface area contributed by atoms with Crippen LogP contribution in [0.1, 0.15) is 92.3 Å². The number of carbonyl (C=O) groups excluding carboxylic acids is 3. The van der Waals surface area contributed by atoms with E-state index < -0.39 is 5.82 Å². The number of carbonyl (C=O) groups is 3. The number of ether oxygens (including phenoxy) is 3. The number of hydrogen-bond acceptors (Lipinski definition) is 10. The highest BCUT2D eigenvalue weighted by Crippen LogP contribution is 2.37. The molecule has 0 bridgehead atoms. The molecule has 12 nitrogen and oxygen atoms in total. The lowest BCUT2D eigenvalue weighted by molar-refractivity contribution is -0.180. The second kappa shape index (κ2) is 26.7. The Hall–Kier alpha value is -4.86. The minimum atomic E-state index is -0.455. The Morgan fingerprint density at radius 1 is 0.539 bits per heavy atom. The van der Waals surface area contributed by atoms with E-state index in [9.17, 15) is 18.8 Å². The largest absolute Gasteiger partial charge is 0.371 e. The van der Waals surface area contributed by atoms with Gasteiger partial charge in [0.1, 0.15) is 12.1 Å². The lowest BCUT2D eigenvalue weighted by Crippen LogP contribution is -2.60. The first kappa shape index (κ1) is 55.9. The highest BCUT2D eigenvalue weighted by molar-refractivity contribution is 5.94. The standard InChI is InChI=1S/C23H27FN2O2.C21H30N2O2.C19H28N2O2/c24-21-9-5-4-8-20(21)22(27)26-16-17-28-23(18-26)11-14-25(15-12-23)13-10-19-6-2-1-3-7-19;1-17-15-23(20(24)19-7-8-19)16-21(25-17)10-13-22(14-11-21)12-9-18-5-3-2-4-6-18;1-17-15-21(13-14-22)16-19(23-17)8-11-20(12-9-19)10-7-18-5-3-2-4-6-18/h1-9H,10-18H2;2-6,17,19H,7-16H2,1H3;2-6,14,17H,7-13,15-16H2,1H3. The molecule has 6 aliphatic heterocycles. The monoisotopic (exact) mass is 1040 g/mol. The molecule has 4 aromatic rings. The van der Waals surface area contributed by atoms with Gasteiger partial charge in [0.25, 0.3) is 5.91 Å². The SMILES string of the molecule is CC1CN(C(=O)C2CC2)CC2(CCN(CCc3ccccc3)CC2)O1.CC1CN(CC=O)CC2(CCN(CCc3ccccc3)CC2)O1.O=C(c1ccccc1F)N1CCOC2(CCN(CCc3ccccc3)CC2)C1. The van der Waals surface area contributed by atoms with Gasteiger partial charge in [-0.15, -0.1) is 0 Å². The Balaban J connectivity index is 0.000000140. The van der Waals surface area contributed by atoms with E-state index in [1.807, 2.05) is 6.07 Å². The third kappa shape index (κ3) is 15.7. The van der Waals surface area contributed by atoms with Crippen molar-refractivity contribution in [3.8, 4) is 0 Å². The summed E-state index contributed by atoms with van der Waals surface area (Å²) in [6, 6.07) is 38.2. The van der Waals surface area contributed by atoms with Crippen molar-refractivity contribution in [1.82, 2.24) is 29.4 Å². The van der Waals surface area contributed by atoms with Gasteiger partial charge in [-0.25, -0.2) is 4.39 Å². The second-order valence-corrected chi connectivity index (χ2v) is 23.0. The summed E-state index contributed by atoms with van der Waals surface area (Å²) in [7, 11) is 0. The van der Waals surface area contributed by atoms with Crippen LogP contribution in [-0.2, 0) is 43.1 Å². The summed E-state index contributed by atoms with van der Waals surface area (Å²) in [4.78, 5) is 49.8. The quantitative estimate of drug-likeness (QED) is 0.122. The van der Waals surface area contributed by atoms with Crippen molar-refractivity contribution in [2.75, 3.05) is 111 Å². The molecule has 0 N–H and O–H groups in total. The van der Waals surface area contributed by atoms with Crippen molar-refractivity contribution < 1.29 is 33.0 Å². The number of morpholine rings is 3. The molecular weight excluding hydrogens is 956 g/mol. The minimum Gasteiger partial charge on any atom is -0.371 e. The van der Waals surface area contributed by atoms with Crippen LogP contribution in [0.25, 0.3) is 0 Å². The molecule has 2 unspecified atom stereocenters. The van der Waals surface area contributed by atoms with Crippen LogP contribution in [0.4, 0.5) is 4.39 Å². The van der Waals surface area contributed by atoms with Crippen LogP contribution in [0.15, 0.2) is 115 Å². The molecule has 0 aromatic heterocycles. The number of nitrogens with zero attached hydrogens (tertiary/aromatic N) is 6. The van der Waals surface area contributed by atoms with E-state index in [-0.39, 0.29) is 40.5 Å². The van der Waals surface area contributed by atoms with Gasteiger partial charge in [-0.3, -0.25) is 14.5 Å². The zero-order valence-electron chi connectivity index (χ0n) is 45.6. The highest BCUT2D eigenvalue weighted by Gasteiger charge is 2.46. The van der Waals surface area contributed by atoms with Gasteiger partial charge in [-0.1, -0.05) is 103 Å². The lowest BCUT2D eigenvalue weighted by atomic mass is 9.88. The fourth-order valence-electron chi connectivity index (χ4n) is 12.6. The van der Waals surface area contributed by atoms with Crippen molar-refractivity contribution in [3.63, 3.8) is 0 Å². The van der Waals surface area contributed by atoms with Gasteiger partial charge in [0.2, 0.25) is 5.91 Å². The summed E-state index contributed by atoms with van der Waals surface area (Å²) >= 11 is 0. The van der Waals surface area contributed by atoms with Crippen LogP contribution in [0.5, 0.6) is 0 Å². The highest BCUT2D eigenvalue weighted by atomic mass is 19.1. The van der Waals surface area contributed by atoms with E-state index in [0.29, 0.717) is 38.1 Å². The van der Waals surface area contributed by atoms with Gasteiger partial charge in [0.15, 0.2) is 0 Å². The molecule has 6 saturated heterocycles. The number of hydrogen-bond donors (Lipinski definition) is 0. The smallest absolute Gasteiger partial charge is 0.257 e. The molecule has 13 heteroatoms. The third-order valence-electron chi connectivity index (χ3n) is 17.1. The number of halogens is 1. The summed E-state index contributed by atoms with van der Waals surface area (Å²) in [6.07, 6.45) is 12.9. The van der Waals surface area contributed by atoms with Crippen molar-refractivity contribution in [1.29, 1.82) is 0 Å². The average molecular weight is 1040 g/mol. The van der Waals surface area contributed by atoms with Gasteiger partial charge in [-0.2, -0.15) is 0 Å². The predicted molar refractivity (Wildman–Crippen MR) is 297 cm³/mol. The number of aldehydes is 1. The molecule has 2 atom stereocenters. The average Bonchev–Trinajstić information content (AvgIpc) is 4.30. The molecule has 7 aliphatic rings.